The van der Waals surface area contributed by atoms with Gasteiger partial charge in [-0.05, 0) is 29.8 Å². The number of nitriles is 1. The van der Waals surface area contributed by atoms with Gasteiger partial charge in [-0.15, -0.1) is 11.8 Å². The number of halogens is 1. The van der Waals surface area contributed by atoms with E-state index in [1.165, 1.54) is 11.8 Å². The number of thioether (sulfide) groups is 1. The van der Waals surface area contributed by atoms with Crippen molar-refractivity contribution in [3.63, 3.8) is 0 Å². The third-order valence-corrected chi connectivity index (χ3v) is 4.15. The number of benzene rings is 2. The molecule has 0 unspecified atom stereocenters. The molecule has 21 heavy (non-hydrogen) atoms. The fourth-order valence-electron chi connectivity index (χ4n) is 1.58. The van der Waals surface area contributed by atoms with Gasteiger partial charge in [0.25, 0.3) is 0 Å². The number of carbonyl (C=O) groups is 1. The molecular weight excluding hydrogens is 306 g/mol. The molecule has 0 fully saturated rings. The van der Waals surface area contributed by atoms with Crippen molar-refractivity contribution in [2.24, 2.45) is 0 Å². The molecule has 0 aliphatic rings. The normalized spacial score (nSPS) is 9.90. The molecule has 106 valence electrons. The Balaban J connectivity index is 1.79. The highest BCUT2D eigenvalue weighted by atomic mass is 35.5. The molecular formula is C16H12ClNO2S. The van der Waals surface area contributed by atoms with Gasteiger partial charge in [0, 0.05) is 4.90 Å². The van der Waals surface area contributed by atoms with Crippen LogP contribution in [0.2, 0.25) is 5.02 Å². The van der Waals surface area contributed by atoms with E-state index >= 15 is 0 Å². The Morgan fingerprint density at radius 2 is 1.90 bits per heavy atom. The van der Waals surface area contributed by atoms with Crippen LogP contribution in [0.25, 0.3) is 0 Å². The number of nitrogens with zero attached hydrogens (tertiary/aromatic N) is 1. The number of hydrogen-bond donors (Lipinski definition) is 0. The van der Waals surface area contributed by atoms with Crippen LogP contribution in [0.3, 0.4) is 0 Å². The predicted octanol–water partition coefficient (Wildman–Crippen LogP) is 4.05. The lowest BCUT2D eigenvalue weighted by atomic mass is 10.2. The second kappa shape index (κ2) is 7.72. The molecule has 0 amide bonds. The molecule has 0 aliphatic carbocycles. The zero-order valence-corrected chi connectivity index (χ0v) is 12.7. The average molecular weight is 318 g/mol. The molecule has 0 atom stereocenters. The fourth-order valence-corrected chi connectivity index (χ4v) is 2.62. The number of esters is 1. The molecule has 5 heteroatoms. The monoisotopic (exact) mass is 317 g/mol. The molecule has 2 aromatic rings. The summed E-state index contributed by atoms with van der Waals surface area (Å²) in [7, 11) is 0. The summed E-state index contributed by atoms with van der Waals surface area (Å²) in [4.78, 5) is 12.5. The number of carbonyl (C=O) groups excluding carboxylic acids is 1. The number of hydrogen-bond acceptors (Lipinski definition) is 4. The number of rotatable bonds is 5. The second-order valence-corrected chi connectivity index (χ2v) is 5.61. The average Bonchev–Trinajstić information content (AvgIpc) is 2.52. The molecule has 0 spiro atoms. The van der Waals surface area contributed by atoms with E-state index < -0.39 is 0 Å². The van der Waals surface area contributed by atoms with E-state index in [1.807, 2.05) is 24.3 Å². The quantitative estimate of drug-likeness (QED) is 0.616. The van der Waals surface area contributed by atoms with Gasteiger partial charge in [-0.2, -0.15) is 5.26 Å². The van der Waals surface area contributed by atoms with E-state index in [4.69, 9.17) is 21.6 Å². The highest BCUT2D eigenvalue weighted by Gasteiger charge is 2.07. The Kier molecular flexibility index (Phi) is 5.68. The lowest BCUT2D eigenvalue weighted by molar-refractivity contribution is -0.141. The van der Waals surface area contributed by atoms with E-state index in [2.05, 4.69) is 0 Å². The van der Waals surface area contributed by atoms with Gasteiger partial charge in [0.1, 0.15) is 6.61 Å². The van der Waals surface area contributed by atoms with Gasteiger partial charge in [-0.3, -0.25) is 4.79 Å². The summed E-state index contributed by atoms with van der Waals surface area (Å²) in [5.41, 5.74) is 1.43. The van der Waals surface area contributed by atoms with E-state index in [9.17, 15) is 4.79 Å². The van der Waals surface area contributed by atoms with Crippen molar-refractivity contribution < 1.29 is 9.53 Å². The Morgan fingerprint density at radius 3 is 2.57 bits per heavy atom. The largest absolute Gasteiger partial charge is 0.460 e. The highest BCUT2D eigenvalue weighted by molar-refractivity contribution is 8.00. The molecule has 0 aliphatic heterocycles. The minimum absolute atomic E-state index is 0.202. The molecule has 0 saturated heterocycles. The van der Waals surface area contributed by atoms with Crippen LogP contribution in [-0.4, -0.2) is 11.7 Å². The maximum atomic E-state index is 11.7. The summed E-state index contributed by atoms with van der Waals surface area (Å²) in [6.07, 6.45) is 0. The molecule has 0 N–H and O–H groups in total. The molecule has 0 saturated carbocycles. The highest BCUT2D eigenvalue weighted by Crippen LogP contribution is 2.26. The van der Waals surface area contributed by atoms with Crippen molar-refractivity contribution >= 4 is 29.3 Å². The van der Waals surface area contributed by atoms with Crippen LogP contribution in [0.15, 0.2) is 53.4 Å². The number of ether oxygens (including phenoxy) is 1. The van der Waals surface area contributed by atoms with Crippen LogP contribution in [-0.2, 0) is 16.1 Å². The van der Waals surface area contributed by atoms with Crippen molar-refractivity contribution in [2.75, 3.05) is 5.75 Å². The SMILES string of the molecule is N#Cc1ccc(COC(=O)CSc2ccccc2Cl)cc1. The van der Waals surface area contributed by atoms with Gasteiger partial charge in [-0.25, -0.2) is 0 Å². The van der Waals surface area contributed by atoms with Crippen LogP contribution >= 0.6 is 23.4 Å². The smallest absolute Gasteiger partial charge is 0.316 e. The summed E-state index contributed by atoms with van der Waals surface area (Å²) in [5, 5.41) is 9.33. The van der Waals surface area contributed by atoms with Gasteiger partial charge < -0.3 is 4.74 Å². The van der Waals surface area contributed by atoms with Crippen LogP contribution in [0, 0.1) is 11.3 Å². The Bertz CT molecular complexity index is 665. The van der Waals surface area contributed by atoms with Crippen LogP contribution in [0.4, 0.5) is 0 Å². The predicted molar refractivity (Wildman–Crippen MR) is 83.1 cm³/mol. The van der Waals surface area contributed by atoms with E-state index in [-0.39, 0.29) is 18.3 Å². The first-order valence-corrected chi connectivity index (χ1v) is 7.57. The maximum absolute atomic E-state index is 11.7. The Morgan fingerprint density at radius 1 is 1.19 bits per heavy atom. The summed E-state index contributed by atoms with van der Waals surface area (Å²) in [6, 6.07) is 16.3. The molecule has 3 nitrogen and oxygen atoms in total. The van der Waals surface area contributed by atoms with Gasteiger partial charge in [0.15, 0.2) is 0 Å². The third-order valence-electron chi connectivity index (χ3n) is 2.67. The zero-order valence-electron chi connectivity index (χ0n) is 11.1. The first kappa shape index (κ1) is 15.4. The third kappa shape index (κ3) is 4.82. The topological polar surface area (TPSA) is 50.1 Å². The van der Waals surface area contributed by atoms with Crippen LogP contribution in [0.5, 0.6) is 0 Å². The van der Waals surface area contributed by atoms with Crippen LogP contribution < -0.4 is 0 Å². The Hall–Kier alpha value is -1.96. The van der Waals surface area contributed by atoms with Gasteiger partial charge >= 0.3 is 5.97 Å². The maximum Gasteiger partial charge on any atom is 0.316 e. The molecule has 0 bridgehead atoms. The van der Waals surface area contributed by atoms with Crippen molar-refractivity contribution in [3.05, 3.63) is 64.7 Å². The van der Waals surface area contributed by atoms with E-state index in [0.29, 0.717) is 10.6 Å². The molecule has 2 aromatic carbocycles. The van der Waals surface area contributed by atoms with Crippen molar-refractivity contribution in [2.45, 2.75) is 11.5 Å². The van der Waals surface area contributed by atoms with Crippen molar-refractivity contribution in [1.29, 1.82) is 5.26 Å². The summed E-state index contributed by atoms with van der Waals surface area (Å²) >= 11 is 7.36. The van der Waals surface area contributed by atoms with Crippen molar-refractivity contribution in [3.8, 4) is 6.07 Å². The van der Waals surface area contributed by atoms with Gasteiger partial charge in [-0.1, -0.05) is 35.9 Å². The fraction of sp³-hybridized carbons (Fsp3) is 0.125. The van der Waals surface area contributed by atoms with Gasteiger partial charge in [0.2, 0.25) is 0 Å². The summed E-state index contributed by atoms with van der Waals surface area (Å²) in [5.74, 6) is -0.0932. The lowest BCUT2D eigenvalue weighted by Gasteiger charge is -2.06. The van der Waals surface area contributed by atoms with Crippen LogP contribution in [0.1, 0.15) is 11.1 Å². The standard InChI is InChI=1S/C16H12ClNO2S/c17-14-3-1-2-4-15(14)21-11-16(19)20-10-13-7-5-12(9-18)6-8-13/h1-8H,10-11H2. The lowest BCUT2D eigenvalue weighted by Crippen LogP contribution is -2.07. The molecule has 0 radical (unpaired) electrons. The second-order valence-electron chi connectivity index (χ2n) is 4.19. The van der Waals surface area contributed by atoms with Gasteiger partial charge in [0.05, 0.1) is 22.4 Å². The van der Waals surface area contributed by atoms with Crippen molar-refractivity contribution in [1.82, 2.24) is 0 Å². The van der Waals surface area contributed by atoms with E-state index in [0.717, 1.165) is 10.5 Å². The summed E-state index contributed by atoms with van der Waals surface area (Å²) < 4.78 is 5.18. The molecule has 0 aromatic heterocycles. The minimum Gasteiger partial charge on any atom is -0.460 e. The first-order chi connectivity index (χ1) is 10.2. The minimum atomic E-state index is -0.302. The first-order valence-electron chi connectivity index (χ1n) is 6.21. The zero-order chi connectivity index (χ0) is 15.1. The summed E-state index contributed by atoms with van der Waals surface area (Å²) in [6.45, 7) is 0.202. The molecule has 0 heterocycles. The Labute approximate surface area is 132 Å². The van der Waals surface area contributed by atoms with E-state index in [1.54, 1.807) is 30.3 Å². The molecule has 2 rings (SSSR count).